The van der Waals surface area contributed by atoms with Crippen LogP contribution in [-0.2, 0) is 13.0 Å². The van der Waals surface area contributed by atoms with E-state index >= 15 is 0 Å². The zero-order valence-corrected chi connectivity index (χ0v) is 11.8. The molecular weight excluding hydrogens is 276 g/mol. The standard InChI is InChI=1S/C15H13ClN2S/c16-12-6-7-13-14(10-12)18(15(19)17-13)9-8-11-4-2-1-3-5-11/h1-7,10H,8-9H2,(H,17,19). The van der Waals surface area contributed by atoms with Crippen LogP contribution in [0.25, 0.3) is 11.0 Å². The van der Waals surface area contributed by atoms with Crippen molar-refractivity contribution in [3.05, 3.63) is 63.9 Å². The first-order valence-corrected chi connectivity index (χ1v) is 6.95. The zero-order chi connectivity index (χ0) is 13.2. The number of nitrogens with one attached hydrogen (secondary N) is 1. The van der Waals surface area contributed by atoms with E-state index in [-0.39, 0.29) is 0 Å². The van der Waals surface area contributed by atoms with Crippen LogP contribution in [-0.4, -0.2) is 9.55 Å². The van der Waals surface area contributed by atoms with Crippen LogP contribution in [0, 0.1) is 4.77 Å². The highest BCUT2D eigenvalue weighted by atomic mass is 35.5. The molecule has 4 heteroatoms. The summed E-state index contributed by atoms with van der Waals surface area (Å²) in [6, 6.07) is 16.2. The van der Waals surface area contributed by atoms with Crippen molar-refractivity contribution < 1.29 is 0 Å². The highest BCUT2D eigenvalue weighted by molar-refractivity contribution is 7.71. The number of benzene rings is 2. The molecule has 96 valence electrons. The molecule has 3 aromatic rings. The molecule has 0 unspecified atom stereocenters. The number of fused-ring (bicyclic) bond motifs is 1. The molecule has 0 aliphatic rings. The van der Waals surface area contributed by atoms with Crippen LogP contribution in [0.1, 0.15) is 5.56 Å². The monoisotopic (exact) mass is 288 g/mol. The fraction of sp³-hybridized carbons (Fsp3) is 0.133. The lowest BCUT2D eigenvalue weighted by Crippen LogP contribution is -2.01. The molecule has 0 bridgehead atoms. The van der Waals surface area contributed by atoms with Gasteiger partial charge in [-0.3, -0.25) is 0 Å². The molecule has 1 aromatic heterocycles. The number of rotatable bonds is 3. The number of imidazole rings is 1. The predicted octanol–water partition coefficient (Wildman–Crippen LogP) is 4.59. The summed E-state index contributed by atoms with van der Waals surface area (Å²) in [5.74, 6) is 0. The Morgan fingerprint density at radius 3 is 2.68 bits per heavy atom. The minimum Gasteiger partial charge on any atom is -0.331 e. The van der Waals surface area contributed by atoms with Crippen molar-refractivity contribution in [2.45, 2.75) is 13.0 Å². The molecule has 2 nitrogen and oxygen atoms in total. The summed E-state index contributed by atoms with van der Waals surface area (Å²) in [7, 11) is 0. The second-order valence-corrected chi connectivity index (χ2v) is 5.30. The zero-order valence-electron chi connectivity index (χ0n) is 10.3. The Morgan fingerprint density at radius 2 is 1.89 bits per heavy atom. The van der Waals surface area contributed by atoms with Gasteiger partial charge < -0.3 is 9.55 Å². The smallest absolute Gasteiger partial charge is 0.178 e. The summed E-state index contributed by atoms with van der Waals surface area (Å²) >= 11 is 11.4. The summed E-state index contributed by atoms with van der Waals surface area (Å²) in [5.41, 5.74) is 3.40. The lowest BCUT2D eigenvalue weighted by atomic mass is 10.1. The van der Waals surface area contributed by atoms with Gasteiger partial charge in [-0.2, -0.15) is 0 Å². The van der Waals surface area contributed by atoms with E-state index in [0.717, 1.165) is 33.8 Å². The van der Waals surface area contributed by atoms with Crippen molar-refractivity contribution in [2.24, 2.45) is 0 Å². The Bertz CT molecular complexity index is 759. The van der Waals surface area contributed by atoms with Crippen molar-refractivity contribution in [3.63, 3.8) is 0 Å². The fourth-order valence-corrected chi connectivity index (χ4v) is 2.70. The highest BCUT2D eigenvalue weighted by Gasteiger charge is 2.05. The van der Waals surface area contributed by atoms with E-state index in [1.165, 1.54) is 5.56 Å². The molecule has 0 aliphatic heterocycles. The Balaban J connectivity index is 1.94. The summed E-state index contributed by atoms with van der Waals surface area (Å²) in [5, 5.41) is 0.731. The Labute approximate surface area is 121 Å². The summed E-state index contributed by atoms with van der Waals surface area (Å²) in [6.07, 6.45) is 0.953. The van der Waals surface area contributed by atoms with Crippen molar-refractivity contribution in [1.29, 1.82) is 0 Å². The van der Waals surface area contributed by atoms with Crippen molar-refractivity contribution in [3.8, 4) is 0 Å². The molecule has 0 spiro atoms. The third kappa shape index (κ3) is 2.57. The van der Waals surface area contributed by atoms with E-state index in [0.29, 0.717) is 0 Å². The van der Waals surface area contributed by atoms with Gasteiger partial charge in [0.05, 0.1) is 11.0 Å². The molecule has 0 fully saturated rings. The molecule has 1 heterocycles. The van der Waals surface area contributed by atoms with Crippen molar-refractivity contribution in [1.82, 2.24) is 9.55 Å². The van der Waals surface area contributed by atoms with Crippen LogP contribution in [0.3, 0.4) is 0 Å². The number of nitrogens with zero attached hydrogens (tertiary/aromatic N) is 1. The number of aromatic nitrogens is 2. The molecule has 0 aliphatic carbocycles. The van der Waals surface area contributed by atoms with Gasteiger partial charge in [-0.05, 0) is 42.4 Å². The molecule has 19 heavy (non-hydrogen) atoms. The van der Waals surface area contributed by atoms with Crippen molar-refractivity contribution in [2.75, 3.05) is 0 Å². The van der Waals surface area contributed by atoms with E-state index in [2.05, 4.69) is 33.8 Å². The third-order valence-electron chi connectivity index (χ3n) is 3.20. The van der Waals surface area contributed by atoms with Gasteiger partial charge in [0.1, 0.15) is 0 Å². The van der Waals surface area contributed by atoms with E-state index in [1.54, 1.807) is 0 Å². The predicted molar refractivity (Wildman–Crippen MR) is 82.3 cm³/mol. The quantitative estimate of drug-likeness (QED) is 0.699. The summed E-state index contributed by atoms with van der Waals surface area (Å²) in [4.78, 5) is 3.21. The second-order valence-electron chi connectivity index (χ2n) is 4.48. The van der Waals surface area contributed by atoms with E-state index in [4.69, 9.17) is 23.8 Å². The van der Waals surface area contributed by atoms with Crippen LogP contribution in [0.2, 0.25) is 5.02 Å². The average Bonchev–Trinajstić information content (AvgIpc) is 2.73. The first-order chi connectivity index (χ1) is 9.24. The lowest BCUT2D eigenvalue weighted by molar-refractivity contribution is 0.706. The number of H-pyrrole nitrogens is 1. The van der Waals surface area contributed by atoms with Gasteiger partial charge in [-0.25, -0.2) is 0 Å². The van der Waals surface area contributed by atoms with E-state index < -0.39 is 0 Å². The number of aryl methyl sites for hydroxylation is 2. The molecule has 2 aromatic carbocycles. The largest absolute Gasteiger partial charge is 0.331 e. The second kappa shape index (κ2) is 5.19. The first-order valence-electron chi connectivity index (χ1n) is 6.16. The third-order valence-corrected chi connectivity index (χ3v) is 3.76. The van der Waals surface area contributed by atoms with Gasteiger partial charge in [0.25, 0.3) is 0 Å². The van der Waals surface area contributed by atoms with Crippen LogP contribution in [0.5, 0.6) is 0 Å². The molecular formula is C15H13ClN2S. The van der Waals surface area contributed by atoms with Gasteiger partial charge in [-0.1, -0.05) is 41.9 Å². The van der Waals surface area contributed by atoms with Gasteiger partial charge in [0, 0.05) is 11.6 Å². The van der Waals surface area contributed by atoms with Crippen LogP contribution in [0.15, 0.2) is 48.5 Å². The van der Waals surface area contributed by atoms with E-state index in [9.17, 15) is 0 Å². The van der Waals surface area contributed by atoms with Gasteiger partial charge in [0.2, 0.25) is 0 Å². The summed E-state index contributed by atoms with van der Waals surface area (Å²) in [6.45, 7) is 0.850. The fourth-order valence-electron chi connectivity index (χ4n) is 2.23. The van der Waals surface area contributed by atoms with Gasteiger partial charge in [-0.15, -0.1) is 0 Å². The number of hydrogen-bond donors (Lipinski definition) is 1. The SMILES string of the molecule is S=c1[nH]c2ccc(Cl)cc2n1CCc1ccccc1. The van der Waals surface area contributed by atoms with Crippen LogP contribution >= 0.6 is 23.8 Å². The molecule has 0 atom stereocenters. The van der Waals surface area contributed by atoms with Gasteiger partial charge >= 0.3 is 0 Å². The summed E-state index contributed by atoms with van der Waals surface area (Å²) < 4.78 is 2.84. The Morgan fingerprint density at radius 1 is 1.11 bits per heavy atom. The maximum absolute atomic E-state index is 6.06. The number of halogens is 1. The average molecular weight is 289 g/mol. The minimum absolute atomic E-state index is 0.731. The van der Waals surface area contributed by atoms with Crippen LogP contribution < -0.4 is 0 Å². The maximum Gasteiger partial charge on any atom is 0.178 e. The maximum atomic E-state index is 6.06. The van der Waals surface area contributed by atoms with Crippen LogP contribution in [0.4, 0.5) is 0 Å². The molecule has 0 radical (unpaired) electrons. The number of hydrogen-bond acceptors (Lipinski definition) is 1. The molecule has 1 N–H and O–H groups in total. The minimum atomic E-state index is 0.731. The molecule has 0 saturated heterocycles. The normalized spacial score (nSPS) is 11.0. The van der Waals surface area contributed by atoms with Crippen molar-refractivity contribution >= 4 is 34.9 Å². The molecule has 0 amide bonds. The lowest BCUT2D eigenvalue weighted by Gasteiger charge is -2.05. The number of aromatic amines is 1. The Hall–Kier alpha value is -1.58. The molecule has 3 rings (SSSR count). The highest BCUT2D eigenvalue weighted by Crippen LogP contribution is 2.19. The Kier molecular flexibility index (Phi) is 3.40. The first kappa shape index (κ1) is 12.5. The topological polar surface area (TPSA) is 20.7 Å². The van der Waals surface area contributed by atoms with Gasteiger partial charge in [0.15, 0.2) is 4.77 Å². The van der Waals surface area contributed by atoms with E-state index in [1.807, 2.05) is 24.3 Å². The molecule has 0 saturated carbocycles.